The Hall–Kier alpha value is -3.03. The average molecular weight is 460 g/mol. The van der Waals surface area contributed by atoms with Crippen molar-refractivity contribution in [1.29, 1.82) is 0 Å². The molecule has 0 unspecified atom stereocenters. The van der Waals surface area contributed by atoms with E-state index in [9.17, 15) is 13.2 Å². The molecule has 3 aromatic carbocycles. The zero-order chi connectivity index (χ0) is 22.8. The first-order valence-electron chi connectivity index (χ1n) is 9.33. The van der Waals surface area contributed by atoms with E-state index >= 15 is 0 Å². The van der Waals surface area contributed by atoms with Crippen molar-refractivity contribution in [1.82, 2.24) is 0 Å². The monoisotopic (exact) mass is 459 g/mol. The molecule has 3 rings (SSSR count). The molecule has 0 radical (unpaired) electrons. The Bertz CT molecular complexity index is 1220. The Morgan fingerprint density at radius 1 is 0.871 bits per heavy atom. The molecular weight excluding hydrogens is 438 g/mol. The summed E-state index contributed by atoms with van der Waals surface area (Å²) >= 11 is 5.92. The lowest BCUT2D eigenvalue weighted by Crippen LogP contribution is -2.37. The second-order valence-electron chi connectivity index (χ2n) is 6.89. The number of benzene rings is 3. The second kappa shape index (κ2) is 8.99. The summed E-state index contributed by atoms with van der Waals surface area (Å²) in [6.45, 7) is 3.58. The zero-order valence-electron chi connectivity index (χ0n) is 17.5. The summed E-state index contributed by atoms with van der Waals surface area (Å²) in [5.41, 5.74) is 1.86. The fourth-order valence-electron chi connectivity index (χ4n) is 3.08. The van der Waals surface area contributed by atoms with Crippen molar-refractivity contribution in [3.05, 3.63) is 82.4 Å². The minimum atomic E-state index is -4.24. The summed E-state index contributed by atoms with van der Waals surface area (Å²) in [5, 5.41) is 0.392. The minimum absolute atomic E-state index is 0.0494. The highest BCUT2D eigenvalue weighted by atomic mass is 35.5. The van der Waals surface area contributed by atoms with E-state index in [1.165, 1.54) is 50.6 Å². The van der Waals surface area contributed by atoms with Crippen LogP contribution in [0.2, 0.25) is 5.02 Å². The highest BCUT2D eigenvalue weighted by Crippen LogP contribution is 2.33. The number of ether oxygens (including phenoxy) is 2. The van der Waals surface area contributed by atoms with Gasteiger partial charge in [-0.15, -0.1) is 0 Å². The molecule has 0 saturated heterocycles. The maximum absolute atomic E-state index is 13.6. The number of rotatable bonds is 6. The van der Waals surface area contributed by atoms with Crippen LogP contribution in [0.15, 0.2) is 65.6 Å². The molecule has 0 atom stereocenters. The molecule has 0 N–H and O–H groups in total. The van der Waals surface area contributed by atoms with Crippen molar-refractivity contribution in [2.24, 2.45) is 0 Å². The van der Waals surface area contributed by atoms with Gasteiger partial charge in [-0.3, -0.25) is 4.79 Å². The molecule has 0 heterocycles. The van der Waals surface area contributed by atoms with Crippen LogP contribution in [0, 0.1) is 13.8 Å². The van der Waals surface area contributed by atoms with Crippen molar-refractivity contribution in [2.45, 2.75) is 18.7 Å². The largest absolute Gasteiger partial charge is 0.493 e. The van der Waals surface area contributed by atoms with E-state index in [4.69, 9.17) is 21.1 Å². The number of hydrogen-bond acceptors (Lipinski definition) is 5. The molecule has 31 heavy (non-hydrogen) atoms. The zero-order valence-corrected chi connectivity index (χ0v) is 19.1. The molecule has 0 spiro atoms. The topological polar surface area (TPSA) is 72.9 Å². The van der Waals surface area contributed by atoms with Crippen molar-refractivity contribution >= 4 is 33.2 Å². The van der Waals surface area contributed by atoms with Crippen LogP contribution in [-0.2, 0) is 10.0 Å². The van der Waals surface area contributed by atoms with Crippen molar-refractivity contribution < 1.29 is 22.7 Å². The van der Waals surface area contributed by atoms with Gasteiger partial charge >= 0.3 is 0 Å². The predicted molar refractivity (Wildman–Crippen MR) is 121 cm³/mol. The van der Waals surface area contributed by atoms with Gasteiger partial charge in [0.15, 0.2) is 11.5 Å². The van der Waals surface area contributed by atoms with Crippen LogP contribution in [0.1, 0.15) is 21.5 Å². The van der Waals surface area contributed by atoms with Gasteiger partial charge in [-0.05, 0) is 73.5 Å². The Kier molecular flexibility index (Phi) is 6.57. The van der Waals surface area contributed by atoms with Gasteiger partial charge in [-0.2, -0.15) is 4.31 Å². The Balaban J connectivity index is 2.22. The number of aryl methyl sites for hydroxylation is 2. The summed E-state index contributed by atoms with van der Waals surface area (Å²) in [4.78, 5) is 13.5. The van der Waals surface area contributed by atoms with Crippen molar-refractivity contribution in [2.75, 3.05) is 18.5 Å². The fraction of sp³-hybridized carbons (Fsp3) is 0.174. The molecule has 0 aliphatic heterocycles. The van der Waals surface area contributed by atoms with Crippen LogP contribution in [0.3, 0.4) is 0 Å². The lowest BCUT2D eigenvalue weighted by molar-refractivity contribution is 0.100. The highest BCUT2D eigenvalue weighted by Gasteiger charge is 2.33. The molecule has 3 aromatic rings. The van der Waals surface area contributed by atoms with Gasteiger partial charge in [0.25, 0.3) is 15.9 Å². The molecule has 0 aliphatic rings. The molecule has 6 nitrogen and oxygen atoms in total. The first kappa shape index (κ1) is 22.7. The van der Waals surface area contributed by atoms with Crippen LogP contribution in [0.25, 0.3) is 0 Å². The smallest absolute Gasteiger partial charge is 0.272 e. The Morgan fingerprint density at radius 3 is 2.13 bits per heavy atom. The normalized spacial score (nSPS) is 11.1. The number of hydrogen-bond donors (Lipinski definition) is 0. The lowest BCUT2D eigenvalue weighted by Gasteiger charge is -2.25. The van der Waals surface area contributed by atoms with E-state index in [2.05, 4.69) is 0 Å². The second-order valence-corrected chi connectivity index (χ2v) is 9.11. The van der Waals surface area contributed by atoms with Crippen LogP contribution in [0.5, 0.6) is 11.5 Å². The van der Waals surface area contributed by atoms with Gasteiger partial charge in [0.2, 0.25) is 0 Å². The van der Waals surface area contributed by atoms with Crippen LogP contribution >= 0.6 is 11.6 Å². The molecule has 0 fully saturated rings. The third-order valence-electron chi connectivity index (χ3n) is 4.75. The quantitative estimate of drug-likeness (QED) is 0.518. The first-order chi connectivity index (χ1) is 14.7. The summed E-state index contributed by atoms with van der Waals surface area (Å²) in [7, 11) is -1.32. The average Bonchev–Trinajstić information content (AvgIpc) is 2.75. The lowest BCUT2D eigenvalue weighted by atomic mass is 10.1. The van der Waals surface area contributed by atoms with Gasteiger partial charge in [-0.1, -0.05) is 23.7 Å². The third kappa shape index (κ3) is 4.52. The predicted octanol–water partition coefficient (Wildman–Crippen LogP) is 5.01. The maximum atomic E-state index is 13.6. The van der Waals surface area contributed by atoms with Crippen LogP contribution < -0.4 is 13.8 Å². The number of nitrogens with zero attached hydrogens (tertiary/aromatic N) is 1. The van der Waals surface area contributed by atoms with Gasteiger partial charge in [0.05, 0.1) is 24.8 Å². The number of sulfonamides is 1. The summed E-state index contributed by atoms with van der Waals surface area (Å²) in [6, 6.07) is 15.5. The molecule has 162 valence electrons. The maximum Gasteiger partial charge on any atom is 0.272 e. The van der Waals surface area contributed by atoms with E-state index in [0.717, 1.165) is 9.87 Å². The number of carbonyl (C=O) groups is 1. The SMILES string of the molecule is COc1ccc(C(=O)N(c2cc(C)ccc2C)S(=O)(=O)c2ccc(Cl)cc2)cc1OC. The van der Waals surface area contributed by atoms with E-state index in [-0.39, 0.29) is 16.1 Å². The molecule has 0 saturated carbocycles. The number of methoxy groups -OCH3 is 2. The summed E-state index contributed by atoms with van der Waals surface area (Å²) in [5.74, 6) is 0.0284. The summed E-state index contributed by atoms with van der Waals surface area (Å²) in [6.07, 6.45) is 0. The highest BCUT2D eigenvalue weighted by molar-refractivity contribution is 7.93. The Labute approximate surface area is 187 Å². The first-order valence-corrected chi connectivity index (χ1v) is 11.2. The fourth-order valence-corrected chi connectivity index (χ4v) is 4.68. The number of carbonyl (C=O) groups excluding carboxylic acids is 1. The number of amides is 1. The Morgan fingerprint density at radius 2 is 1.52 bits per heavy atom. The number of halogens is 1. The van der Waals surface area contributed by atoms with E-state index in [0.29, 0.717) is 22.1 Å². The van der Waals surface area contributed by atoms with E-state index in [1.54, 1.807) is 25.1 Å². The van der Waals surface area contributed by atoms with E-state index < -0.39 is 15.9 Å². The standard InChI is InChI=1S/C23H22ClNO5S/c1-15-5-6-16(2)20(13-15)25(31(27,28)19-10-8-18(24)9-11-19)23(26)17-7-12-21(29-3)22(14-17)30-4/h5-14H,1-4H3. The minimum Gasteiger partial charge on any atom is -0.493 e. The molecule has 0 aliphatic carbocycles. The summed E-state index contributed by atoms with van der Waals surface area (Å²) < 4.78 is 38.5. The van der Waals surface area contributed by atoms with Crippen LogP contribution in [-0.4, -0.2) is 28.5 Å². The molecule has 0 aromatic heterocycles. The van der Waals surface area contributed by atoms with Crippen molar-refractivity contribution in [3.63, 3.8) is 0 Å². The van der Waals surface area contributed by atoms with Gasteiger partial charge in [0, 0.05) is 10.6 Å². The number of anilines is 1. The van der Waals surface area contributed by atoms with Gasteiger partial charge in [-0.25, -0.2) is 8.42 Å². The van der Waals surface area contributed by atoms with Crippen molar-refractivity contribution in [3.8, 4) is 11.5 Å². The van der Waals surface area contributed by atoms with Crippen LogP contribution in [0.4, 0.5) is 5.69 Å². The molecule has 0 bridgehead atoms. The molecular formula is C23H22ClNO5S. The molecule has 1 amide bonds. The molecule has 8 heteroatoms. The van der Waals surface area contributed by atoms with E-state index in [1.807, 2.05) is 13.0 Å². The third-order valence-corrected chi connectivity index (χ3v) is 6.71. The van der Waals surface area contributed by atoms with Gasteiger partial charge < -0.3 is 9.47 Å². The van der Waals surface area contributed by atoms with Gasteiger partial charge in [0.1, 0.15) is 0 Å².